The van der Waals surface area contributed by atoms with Crippen molar-refractivity contribution in [2.24, 2.45) is 0 Å². The lowest BCUT2D eigenvalue weighted by molar-refractivity contribution is -0.118. The average molecular weight is 423 g/mol. The molecule has 0 fully saturated rings. The van der Waals surface area contributed by atoms with Gasteiger partial charge in [-0.15, -0.1) is 0 Å². The van der Waals surface area contributed by atoms with Gasteiger partial charge in [-0.25, -0.2) is 4.68 Å². The van der Waals surface area contributed by atoms with E-state index in [2.05, 4.69) is 10.4 Å². The molecule has 0 saturated heterocycles. The average Bonchev–Trinajstić information content (AvgIpc) is 3.50. The van der Waals surface area contributed by atoms with Gasteiger partial charge >= 0.3 is 0 Å². The molecular weight excluding hydrogens is 400 g/mol. The summed E-state index contributed by atoms with van der Waals surface area (Å²) >= 11 is 0. The molecule has 1 aromatic carbocycles. The van der Waals surface area contributed by atoms with Crippen LogP contribution in [0.1, 0.15) is 11.3 Å². The van der Waals surface area contributed by atoms with E-state index >= 15 is 0 Å². The minimum Gasteiger partial charge on any atom is -0.469 e. The van der Waals surface area contributed by atoms with Gasteiger partial charge in [0, 0.05) is 41.7 Å². The van der Waals surface area contributed by atoms with Crippen LogP contribution in [0.5, 0.6) is 0 Å². The fourth-order valence-electron chi connectivity index (χ4n) is 3.19. The number of aromatic nitrogens is 3. The van der Waals surface area contributed by atoms with Crippen LogP contribution in [0.4, 0.5) is 0 Å². The van der Waals surface area contributed by atoms with Crippen molar-refractivity contribution in [3.05, 3.63) is 90.8 Å². The Balaban J connectivity index is 1.43. The molecule has 0 aliphatic carbocycles. The van der Waals surface area contributed by atoms with Gasteiger partial charge < -0.3 is 14.3 Å². The van der Waals surface area contributed by atoms with Crippen LogP contribution in [-0.4, -0.2) is 36.8 Å². The van der Waals surface area contributed by atoms with Crippen LogP contribution in [0, 0.1) is 0 Å². The summed E-state index contributed by atoms with van der Waals surface area (Å²) in [6.07, 6.45) is 7.76. The van der Waals surface area contributed by atoms with E-state index in [1.165, 1.54) is 0 Å². The number of hydrogen-bond donors (Lipinski definition) is 1. The first-order valence-electron chi connectivity index (χ1n) is 9.60. The molecular formula is C22H22N4O3S. The Morgan fingerprint density at radius 1 is 1.07 bits per heavy atom. The Hall–Kier alpha value is -3.39. The van der Waals surface area contributed by atoms with Gasteiger partial charge in [-0.2, -0.15) is 5.10 Å². The molecule has 7 nitrogen and oxygen atoms in total. The van der Waals surface area contributed by atoms with Crippen molar-refractivity contribution in [3.63, 3.8) is 0 Å². The van der Waals surface area contributed by atoms with Crippen molar-refractivity contribution < 1.29 is 13.4 Å². The minimum atomic E-state index is -1.36. The number of hydrogen-bond acceptors (Lipinski definition) is 4. The highest BCUT2D eigenvalue weighted by Gasteiger charge is 2.17. The van der Waals surface area contributed by atoms with E-state index in [9.17, 15) is 9.00 Å². The molecule has 1 N–H and O–H groups in total. The second-order valence-corrected chi connectivity index (χ2v) is 8.20. The Morgan fingerprint density at radius 3 is 2.60 bits per heavy atom. The van der Waals surface area contributed by atoms with E-state index in [1.54, 1.807) is 12.5 Å². The Bertz CT molecular complexity index is 1100. The lowest BCUT2D eigenvalue weighted by Gasteiger charge is -2.11. The van der Waals surface area contributed by atoms with Crippen molar-refractivity contribution in [2.45, 2.75) is 12.2 Å². The molecule has 0 radical (unpaired) electrons. The molecule has 4 rings (SSSR count). The standard InChI is InChI=1S/C22H22N4O3S/c27-21(23-11-10-20-9-6-14-29-20)17-30(28)16-18-15-24-26(19-7-2-1-3-8-19)22(18)25-12-4-5-13-25/h1-9,12-15H,10-11,16-17H2,(H,23,27)/t30-/m1/s1. The SMILES string of the molecule is O=C(C[S@](=O)Cc1cnn(-c2ccccc2)c1-n1cccc1)NCCc1ccco1. The third-order valence-electron chi connectivity index (χ3n) is 4.55. The first kappa shape index (κ1) is 19.9. The highest BCUT2D eigenvalue weighted by Crippen LogP contribution is 2.21. The number of rotatable bonds is 9. The molecule has 3 heterocycles. The van der Waals surface area contributed by atoms with Crippen LogP contribution in [-0.2, 0) is 27.8 Å². The number of furan rings is 1. The second-order valence-electron chi connectivity index (χ2n) is 6.74. The maximum Gasteiger partial charge on any atom is 0.232 e. The zero-order valence-electron chi connectivity index (χ0n) is 16.3. The minimum absolute atomic E-state index is 0.0558. The monoisotopic (exact) mass is 422 g/mol. The summed E-state index contributed by atoms with van der Waals surface area (Å²) in [5, 5.41) is 7.30. The van der Waals surface area contributed by atoms with Crippen molar-refractivity contribution in [3.8, 4) is 11.5 Å². The number of nitrogens with one attached hydrogen (secondary N) is 1. The van der Waals surface area contributed by atoms with Crippen molar-refractivity contribution in [2.75, 3.05) is 12.3 Å². The van der Waals surface area contributed by atoms with Crippen LogP contribution >= 0.6 is 0 Å². The molecule has 0 aliphatic heterocycles. The summed E-state index contributed by atoms with van der Waals surface area (Å²) in [4.78, 5) is 12.2. The van der Waals surface area contributed by atoms with Crippen LogP contribution in [0.3, 0.4) is 0 Å². The summed E-state index contributed by atoms with van der Waals surface area (Å²) in [7, 11) is -1.36. The summed E-state index contributed by atoms with van der Waals surface area (Å²) in [5.74, 6) is 1.57. The van der Waals surface area contributed by atoms with Crippen LogP contribution < -0.4 is 5.32 Å². The zero-order valence-corrected chi connectivity index (χ0v) is 17.1. The highest BCUT2D eigenvalue weighted by molar-refractivity contribution is 7.84. The Labute approximate surface area is 176 Å². The summed E-state index contributed by atoms with van der Waals surface area (Å²) < 4.78 is 21.7. The first-order chi connectivity index (χ1) is 14.7. The molecule has 0 saturated carbocycles. The fourth-order valence-corrected chi connectivity index (χ4v) is 4.24. The first-order valence-corrected chi connectivity index (χ1v) is 11.1. The summed E-state index contributed by atoms with van der Waals surface area (Å²) in [6, 6.07) is 17.3. The van der Waals surface area contributed by atoms with E-state index in [0.717, 1.165) is 22.8 Å². The predicted octanol–water partition coefficient (Wildman–Crippen LogP) is 2.86. The Morgan fingerprint density at radius 2 is 1.87 bits per heavy atom. The summed E-state index contributed by atoms with van der Waals surface area (Å²) in [5.41, 5.74) is 1.73. The maximum atomic E-state index is 12.7. The normalized spacial score (nSPS) is 12.0. The lowest BCUT2D eigenvalue weighted by atomic mass is 10.3. The smallest absolute Gasteiger partial charge is 0.232 e. The number of carbonyl (C=O) groups is 1. The predicted molar refractivity (Wildman–Crippen MR) is 115 cm³/mol. The molecule has 1 atom stereocenters. The lowest BCUT2D eigenvalue weighted by Crippen LogP contribution is -2.30. The van der Waals surface area contributed by atoms with Crippen LogP contribution in [0.15, 0.2) is 83.9 Å². The van der Waals surface area contributed by atoms with Crippen LogP contribution in [0.25, 0.3) is 11.5 Å². The maximum absolute atomic E-state index is 12.7. The third kappa shape index (κ3) is 4.77. The molecule has 8 heteroatoms. The van der Waals surface area contributed by atoms with Gasteiger partial charge in [-0.05, 0) is 36.4 Å². The highest BCUT2D eigenvalue weighted by atomic mass is 32.2. The zero-order chi connectivity index (χ0) is 20.8. The van der Waals surface area contributed by atoms with E-state index in [0.29, 0.717) is 13.0 Å². The number of benzene rings is 1. The quantitative estimate of drug-likeness (QED) is 0.450. The third-order valence-corrected chi connectivity index (χ3v) is 5.77. The van der Waals surface area contributed by atoms with Crippen molar-refractivity contribution in [1.29, 1.82) is 0 Å². The molecule has 0 unspecified atom stereocenters. The van der Waals surface area contributed by atoms with Gasteiger partial charge in [-0.1, -0.05) is 18.2 Å². The van der Waals surface area contributed by atoms with Crippen LogP contribution in [0.2, 0.25) is 0 Å². The van der Waals surface area contributed by atoms with Gasteiger partial charge in [0.15, 0.2) is 0 Å². The number of amides is 1. The molecule has 0 bridgehead atoms. The molecule has 154 valence electrons. The van der Waals surface area contributed by atoms with E-state index in [1.807, 2.05) is 76.2 Å². The van der Waals surface area contributed by atoms with Gasteiger partial charge in [0.1, 0.15) is 17.3 Å². The molecule has 30 heavy (non-hydrogen) atoms. The molecule has 4 aromatic rings. The Kier molecular flexibility index (Phi) is 6.24. The topological polar surface area (TPSA) is 82.1 Å². The molecule has 3 aromatic heterocycles. The van der Waals surface area contributed by atoms with Crippen molar-refractivity contribution >= 4 is 16.7 Å². The van der Waals surface area contributed by atoms with Crippen molar-refractivity contribution in [1.82, 2.24) is 19.7 Å². The van der Waals surface area contributed by atoms with E-state index in [-0.39, 0.29) is 17.4 Å². The van der Waals surface area contributed by atoms with E-state index < -0.39 is 10.8 Å². The van der Waals surface area contributed by atoms with Gasteiger partial charge in [0.2, 0.25) is 5.91 Å². The van der Waals surface area contributed by atoms with E-state index in [4.69, 9.17) is 4.42 Å². The molecule has 0 spiro atoms. The number of nitrogens with zero attached hydrogens (tertiary/aromatic N) is 3. The largest absolute Gasteiger partial charge is 0.469 e. The fraction of sp³-hybridized carbons (Fsp3) is 0.182. The number of carbonyl (C=O) groups excluding carboxylic acids is 1. The molecule has 1 amide bonds. The van der Waals surface area contributed by atoms with Gasteiger partial charge in [-0.3, -0.25) is 9.00 Å². The second kappa shape index (κ2) is 9.41. The van der Waals surface area contributed by atoms with Gasteiger partial charge in [0.25, 0.3) is 0 Å². The number of para-hydroxylation sites is 1. The van der Waals surface area contributed by atoms with Gasteiger partial charge in [0.05, 0.1) is 23.9 Å². The molecule has 0 aliphatic rings. The summed E-state index contributed by atoms with van der Waals surface area (Å²) in [6.45, 7) is 0.449.